The molecule has 0 aliphatic rings. The van der Waals surface area contributed by atoms with Crippen LogP contribution in [0.4, 0.5) is 5.69 Å². The minimum atomic E-state index is -0.922. The molecular formula is C16H17NO3. The lowest BCUT2D eigenvalue weighted by atomic mass is 10.1. The first-order valence-corrected chi connectivity index (χ1v) is 6.33. The first-order chi connectivity index (χ1) is 9.47. The summed E-state index contributed by atoms with van der Waals surface area (Å²) in [4.78, 5) is 10.8. The molecule has 0 aromatic heterocycles. The maximum absolute atomic E-state index is 10.8. The third kappa shape index (κ3) is 3.09. The van der Waals surface area contributed by atoms with E-state index in [1.165, 1.54) is 0 Å². The molecule has 20 heavy (non-hydrogen) atoms. The monoisotopic (exact) mass is 271 g/mol. The summed E-state index contributed by atoms with van der Waals surface area (Å²) in [6, 6.07) is 10.4. The molecule has 0 aliphatic carbocycles. The number of hydrogen-bond donors (Lipinski definition) is 3. The van der Waals surface area contributed by atoms with Crippen LogP contribution in [0.5, 0.6) is 5.75 Å². The number of aromatic carboxylic acids is 1. The van der Waals surface area contributed by atoms with E-state index in [2.05, 4.69) is 5.32 Å². The molecular weight excluding hydrogens is 254 g/mol. The number of aryl methyl sites for hydroxylation is 2. The Morgan fingerprint density at radius 3 is 2.35 bits per heavy atom. The van der Waals surface area contributed by atoms with E-state index in [0.29, 0.717) is 12.3 Å². The molecule has 0 radical (unpaired) electrons. The number of rotatable bonds is 4. The highest BCUT2D eigenvalue weighted by Crippen LogP contribution is 2.25. The van der Waals surface area contributed by atoms with Gasteiger partial charge in [0.05, 0.1) is 5.56 Å². The Labute approximate surface area is 117 Å². The van der Waals surface area contributed by atoms with E-state index in [9.17, 15) is 9.90 Å². The highest BCUT2D eigenvalue weighted by Gasteiger charge is 2.04. The number of aromatic hydroxyl groups is 1. The topological polar surface area (TPSA) is 69.6 Å². The van der Waals surface area contributed by atoms with Crippen molar-refractivity contribution in [1.82, 2.24) is 0 Å². The molecule has 0 heterocycles. The van der Waals surface area contributed by atoms with Crippen molar-refractivity contribution in [2.24, 2.45) is 0 Å². The zero-order valence-corrected chi connectivity index (χ0v) is 11.5. The van der Waals surface area contributed by atoms with Gasteiger partial charge in [0.2, 0.25) is 0 Å². The Morgan fingerprint density at radius 1 is 1.10 bits per heavy atom. The van der Waals surface area contributed by atoms with E-state index in [1.807, 2.05) is 19.9 Å². The van der Waals surface area contributed by atoms with Crippen LogP contribution in [0.2, 0.25) is 0 Å². The summed E-state index contributed by atoms with van der Waals surface area (Å²) in [5.74, 6) is -0.631. The summed E-state index contributed by atoms with van der Waals surface area (Å²) in [5, 5.41) is 21.7. The Hall–Kier alpha value is -2.49. The summed E-state index contributed by atoms with van der Waals surface area (Å²) in [7, 11) is 0. The predicted molar refractivity (Wildman–Crippen MR) is 78.3 cm³/mol. The van der Waals surface area contributed by atoms with E-state index in [1.54, 1.807) is 30.3 Å². The standard InChI is InChI=1S/C16H17NO3/c1-10-8-15(18)11(2)7-14(10)17-9-12-3-5-13(6-4-12)16(19)20/h3-8,17-18H,9H2,1-2H3,(H,19,20). The normalized spacial score (nSPS) is 10.3. The van der Waals surface area contributed by atoms with Gasteiger partial charge in [-0.2, -0.15) is 0 Å². The second-order valence-electron chi connectivity index (χ2n) is 4.81. The second kappa shape index (κ2) is 5.65. The predicted octanol–water partition coefficient (Wildman–Crippen LogP) is 3.32. The van der Waals surface area contributed by atoms with Crippen LogP contribution in [0.1, 0.15) is 27.0 Å². The largest absolute Gasteiger partial charge is 0.508 e. The fourth-order valence-corrected chi connectivity index (χ4v) is 1.95. The average Bonchev–Trinajstić information content (AvgIpc) is 2.42. The average molecular weight is 271 g/mol. The number of nitrogens with one attached hydrogen (secondary N) is 1. The van der Waals surface area contributed by atoms with Crippen LogP contribution in [0, 0.1) is 13.8 Å². The Kier molecular flexibility index (Phi) is 3.94. The van der Waals surface area contributed by atoms with Crippen LogP contribution < -0.4 is 5.32 Å². The maximum Gasteiger partial charge on any atom is 0.335 e. The number of anilines is 1. The summed E-state index contributed by atoms with van der Waals surface area (Å²) in [6.07, 6.45) is 0. The van der Waals surface area contributed by atoms with Crippen molar-refractivity contribution in [2.45, 2.75) is 20.4 Å². The van der Waals surface area contributed by atoms with Crippen molar-refractivity contribution in [3.63, 3.8) is 0 Å². The fraction of sp³-hybridized carbons (Fsp3) is 0.188. The van der Waals surface area contributed by atoms with E-state index in [-0.39, 0.29) is 5.56 Å². The molecule has 0 bridgehead atoms. The molecule has 104 valence electrons. The molecule has 2 aromatic carbocycles. The van der Waals surface area contributed by atoms with Crippen LogP contribution >= 0.6 is 0 Å². The van der Waals surface area contributed by atoms with Gasteiger partial charge in [-0.3, -0.25) is 0 Å². The first kappa shape index (κ1) is 13.9. The highest BCUT2D eigenvalue weighted by molar-refractivity contribution is 5.87. The van der Waals surface area contributed by atoms with E-state index in [4.69, 9.17) is 5.11 Å². The molecule has 0 atom stereocenters. The summed E-state index contributed by atoms with van der Waals surface area (Å²) in [6.45, 7) is 4.38. The van der Waals surface area contributed by atoms with Crippen molar-refractivity contribution in [1.29, 1.82) is 0 Å². The molecule has 0 unspecified atom stereocenters. The molecule has 0 aliphatic heterocycles. The first-order valence-electron chi connectivity index (χ1n) is 6.33. The minimum absolute atomic E-state index is 0.283. The van der Waals surface area contributed by atoms with Crippen LogP contribution in [-0.4, -0.2) is 16.2 Å². The highest BCUT2D eigenvalue weighted by atomic mass is 16.4. The summed E-state index contributed by atoms with van der Waals surface area (Å²) >= 11 is 0. The second-order valence-corrected chi connectivity index (χ2v) is 4.81. The lowest BCUT2D eigenvalue weighted by Crippen LogP contribution is -2.02. The number of carboxylic acid groups (broad SMARTS) is 1. The van der Waals surface area contributed by atoms with Crippen molar-refractivity contribution in [2.75, 3.05) is 5.32 Å². The van der Waals surface area contributed by atoms with Gasteiger partial charge in [0, 0.05) is 12.2 Å². The van der Waals surface area contributed by atoms with Gasteiger partial charge in [-0.15, -0.1) is 0 Å². The molecule has 2 rings (SSSR count). The summed E-state index contributed by atoms with van der Waals surface area (Å²) < 4.78 is 0. The van der Waals surface area contributed by atoms with Crippen LogP contribution in [0.15, 0.2) is 36.4 Å². The van der Waals surface area contributed by atoms with Crippen molar-refractivity contribution in [3.8, 4) is 5.75 Å². The molecule has 4 heteroatoms. The zero-order valence-electron chi connectivity index (χ0n) is 11.5. The van der Waals surface area contributed by atoms with Gasteiger partial charge in [-0.05, 0) is 54.8 Å². The van der Waals surface area contributed by atoms with E-state index >= 15 is 0 Å². The molecule has 3 N–H and O–H groups in total. The number of hydrogen-bond acceptors (Lipinski definition) is 3. The molecule has 0 fully saturated rings. The van der Waals surface area contributed by atoms with Crippen LogP contribution in [-0.2, 0) is 6.54 Å². The van der Waals surface area contributed by atoms with E-state index < -0.39 is 5.97 Å². The Morgan fingerprint density at radius 2 is 1.75 bits per heavy atom. The number of phenols is 1. The molecule has 0 saturated heterocycles. The van der Waals surface area contributed by atoms with Gasteiger partial charge in [-0.25, -0.2) is 4.79 Å². The number of carbonyl (C=O) groups is 1. The maximum atomic E-state index is 10.8. The molecule has 0 amide bonds. The Balaban J connectivity index is 2.09. The van der Waals surface area contributed by atoms with Gasteiger partial charge in [0.15, 0.2) is 0 Å². The Bertz CT molecular complexity index is 633. The zero-order chi connectivity index (χ0) is 14.7. The number of carboxylic acids is 1. The van der Waals surface area contributed by atoms with Gasteiger partial charge < -0.3 is 15.5 Å². The third-order valence-corrected chi connectivity index (χ3v) is 3.23. The number of phenolic OH excluding ortho intramolecular Hbond substituents is 1. The minimum Gasteiger partial charge on any atom is -0.508 e. The molecule has 4 nitrogen and oxygen atoms in total. The van der Waals surface area contributed by atoms with Gasteiger partial charge in [-0.1, -0.05) is 12.1 Å². The molecule has 0 saturated carbocycles. The van der Waals surface area contributed by atoms with Crippen molar-refractivity contribution >= 4 is 11.7 Å². The van der Waals surface area contributed by atoms with Gasteiger partial charge in [0.25, 0.3) is 0 Å². The fourth-order valence-electron chi connectivity index (χ4n) is 1.95. The van der Waals surface area contributed by atoms with Crippen LogP contribution in [0.3, 0.4) is 0 Å². The molecule has 0 spiro atoms. The van der Waals surface area contributed by atoms with E-state index in [0.717, 1.165) is 22.4 Å². The third-order valence-electron chi connectivity index (χ3n) is 3.23. The SMILES string of the molecule is Cc1cc(NCc2ccc(C(=O)O)cc2)c(C)cc1O. The lowest BCUT2D eigenvalue weighted by molar-refractivity contribution is 0.0697. The van der Waals surface area contributed by atoms with Crippen LogP contribution in [0.25, 0.3) is 0 Å². The number of benzene rings is 2. The van der Waals surface area contributed by atoms with Gasteiger partial charge in [0.1, 0.15) is 5.75 Å². The van der Waals surface area contributed by atoms with Gasteiger partial charge >= 0.3 is 5.97 Å². The smallest absolute Gasteiger partial charge is 0.335 e. The molecule has 2 aromatic rings. The van der Waals surface area contributed by atoms with Crippen molar-refractivity contribution < 1.29 is 15.0 Å². The van der Waals surface area contributed by atoms with Crippen molar-refractivity contribution in [3.05, 3.63) is 58.7 Å². The quantitative estimate of drug-likeness (QED) is 0.746. The summed E-state index contributed by atoms with van der Waals surface area (Å²) in [5.41, 5.74) is 4.03. The lowest BCUT2D eigenvalue weighted by Gasteiger charge is -2.12.